The molecule has 0 saturated heterocycles. The van der Waals surface area contributed by atoms with Crippen molar-refractivity contribution in [2.45, 2.75) is 19.3 Å². The average molecular weight is 2060 g/mol. The Morgan fingerprint density at radius 1 is 0.495 bits per heavy atom. The fourth-order valence-corrected chi connectivity index (χ4v) is 8.13. The topological polar surface area (TPSA) is 205 Å². The number of carboxylic acids is 2. The molecule has 9 aromatic heterocycles. The first kappa shape index (κ1) is 82.1. The minimum absolute atomic E-state index is 0. The van der Waals surface area contributed by atoms with Crippen molar-refractivity contribution >= 4 is 34.0 Å². The second-order valence-corrected chi connectivity index (χ2v) is 19.1. The second-order valence-electron chi connectivity index (χ2n) is 18.2. The summed E-state index contributed by atoms with van der Waals surface area (Å²) >= 11 is 1.67. The molecule has 9 heterocycles. The number of aromatic nitrogens is 10. The molecule has 0 spiro atoms. The van der Waals surface area contributed by atoms with E-state index in [1.807, 2.05) is 35.8 Å². The molecule has 4 aromatic carbocycles. The second kappa shape index (κ2) is 41.1. The summed E-state index contributed by atoms with van der Waals surface area (Å²) in [6, 6.07) is 59.0. The monoisotopic (exact) mass is 2060 g/mol. The van der Waals surface area contributed by atoms with Gasteiger partial charge in [-0.25, -0.2) is 30.9 Å². The summed E-state index contributed by atoms with van der Waals surface area (Å²) in [4.78, 5) is 51.9. The van der Waals surface area contributed by atoms with Crippen molar-refractivity contribution in [3.05, 3.63) is 307 Å². The summed E-state index contributed by atoms with van der Waals surface area (Å²) in [5, 5.41) is 27.3. The van der Waals surface area contributed by atoms with E-state index < -0.39 is 58.9 Å². The summed E-state index contributed by atoms with van der Waals surface area (Å²) in [7, 11) is 0. The van der Waals surface area contributed by atoms with Crippen molar-refractivity contribution < 1.29 is 144 Å². The van der Waals surface area contributed by atoms with E-state index in [1.165, 1.54) is 47.6 Å². The van der Waals surface area contributed by atoms with Gasteiger partial charge in [0.25, 0.3) is 0 Å². The first-order valence-corrected chi connectivity index (χ1v) is 27.5. The van der Waals surface area contributed by atoms with Crippen LogP contribution >= 0.6 is 11.3 Å². The van der Waals surface area contributed by atoms with Gasteiger partial charge in [-0.2, -0.15) is 38.5 Å². The summed E-state index contributed by atoms with van der Waals surface area (Å²) < 4.78 is 126. The van der Waals surface area contributed by atoms with Crippen molar-refractivity contribution in [1.29, 1.82) is 0 Å². The zero-order valence-electron chi connectivity index (χ0n) is 49.1. The maximum absolute atomic E-state index is 13.2. The number of pyridine rings is 7. The van der Waals surface area contributed by atoms with E-state index in [9.17, 15) is 53.5 Å². The van der Waals surface area contributed by atoms with Crippen molar-refractivity contribution in [3.63, 3.8) is 0 Å². The Labute approximate surface area is 605 Å². The molecule has 4 radical (unpaired) electrons. The van der Waals surface area contributed by atoms with Crippen LogP contribution in [0.5, 0.6) is 0 Å². The van der Waals surface area contributed by atoms with Gasteiger partial charge >= 0.3 is 24.3 Å². The van der Waals surface area contributed by atoms with Crippen molar-refractivity contribution in [2.75, 3.05) is 0 Å². The number of alkyl halides is 6. The number of nitrogens with zero attached hydrogens (tertiary/aromatic N) is 10. The standard InChI is InChI=1S/C13H9F3N.C13H8NS.2C11H6F2N.C8H4F3N4.2C6H5NO2.4Ir/c1-9-6-10(12-4-2-3-5-17-12)8-11(7-9)13(14,15)16;1-2-5-11-10(4-1)7-8-14-13(11)12-6-3-9-15-12;2*12-8-4-5-9(10(13)7-8)11-3-1-2-6-14-11;9-8(10,11)7-13-6(14-15-7)5-3-1-2-4-12-5;2*8-6(9)5-3-1-2-4-7-5;;;;/h2-7H,1H3;1-5,7-9H;2*1-4,6-7H;1-4H;2*1-4H,(H,8,9);;;;/q5*-1;;;;;;. The quantitative estimate of drug-likeness (QED) is 0.113. The van der Waals surface area contributed by atoms with Gasteiger partial charge in [0, 0.05) is 147 Å². The van der Waals surface area contributed by atoms with Crippen LogP contribution in [0.25, 0.3) is 66.6 Å². The first-order chi connectivity index (χ1) is 44.6. The number of halogens is 10. The number of hydrogen-bond donors (Lipinski definition) is 2. The van der Waals surface area contributed by atoms with Crippen LogP contribution in [0.4, 0.5) is 43.9 Å². The van der Waals surface area contributed by atoms with Crippen LogP contribution in [0.2, 0.25) is 0 Å². The van der Waals surface area contributed by atoms with Crippen LogP contribution in [0.1, 0.15) is 37.9 Å². The van der Waals surface area contributed by atoms with Crippen LogP contribution in [0.15, 0.2) is 231 Å². The van der Waals surface area contributed by atoms with E-state index in [0.29, 0.717) is 28.2 Å². The minimum atomic E-state index is -4.57. The molecule has 0 aliphatic heterocycles. The van der Waals surface area contributed by atoms with Gasteiger partial charge in [-0.3, -0.25) is 27.6 Å². The van der Waals surface area contributed by atoms with Crippen LogP contribution in [0.3, 0.4) is 0 Å². The molecule has 97 heavy (non-hydrogen) atoms. The number of carbonyl (C=O) groups is 2. The zero-order valence-corrected chi connectivity index (χ0v) is 59.5. The smallest absolute Gasteiger partial charge is 0.429 e. The molecule has 13 aromatic rings. The Morgan fingerprint density at radius 2 is 0.948 bits per heavy atom. The van der Waals surface area contributed by atoms with E-state index in [-0.39, 0.29) is 114 Å². The summed E-state index contributed by atoms with van der Waals surface area (Å²) in [6.07, 6.45) is 1.88. The number of aryl methyl sites for hydroxylation is 1. The van der Waals surface area contributed by atoms with Crippen LogP contribution < -0.4 is 5.10 Å². The summed E-state index contributed by atoms with van der Waals surface area (Å²) in [6.45, 7) is 1.62. The molecule has 2 N–H and O–H groups in total. The number of hydrogen-bond acceptors (Lipinski definition) is 12. The number of rotatable bonds is 7. The number of carboxylic acid groups (broad SMARTS) is 2. The molecule has 0 unspecified atom stereocenters. The molecule has 506 valence electrons. The summed E-state index contributed by atoms with van der Waals surface area (Å²) in [5.41, 5.74) is 3.35. The number of thiophene rings is 1. The van der Waals surface area contributed by atoms with Crippen LogP contribution in [-0.2, 0) is 92.8 Å². The van der Waals surface area contributed by atoms with Gasteiger partial charge < -0.3 is 40.2 Å². The molecule has 0 aliphatic rings. The molecule has 14 nitrogen and oxygen atoms in total. The Bertz CT molecular complexity index is 4320. The van der Waals surface area contributed by atoms with E-state index in [2.05, 4.69) is 86.5 Å². The molecule has 0 saturated carbocycles. The summed E-state index contributed by atoms with van der Waals surface area (Å²) in [5.74, 6) is -5.92. The number of benzene rings is 4. The van der Waals surface area contributed by atoms with Gasteiger partial charge in [-0.1, -0.05) is 114 Å². The molecular formula is C68H43F10Ir4N10O4S-5. The third-order valence-electron chi connectivity index (χ3n) is 11.5. The van der Waals surface area contributed by atoms with Crippen molar-refractivity contribution in [2.24, 2.45) is 0 Å². The predicted octanol–water partition coefficient (Wildman–Crippen LogP) is 16.4. The maximum Gasteiger partial charge on any atom is 0.429 e. The van der Waals surface area contributed by atoms with Crippen molar-refractivity contribution in [1.82, 2.24) is 50.1 Å². The Hall–Kier alpha value is -9.13. The largest absolute Gasteiger partial charge is 0.477 e. The van der Waals surface area contributed by atoms with E-state index in [0.717, 1.165) is 40.9 Å². The Kier molecular flexibility index (Phi) is 34.8. The van der Waals surface area contributed by atoms with Gasteiger partial charge in [0.15, 0.2) is 0 Å². The first-order valence-electron chi connectivity index (χ1n) is 26.7. The molecule has 0 aliphatic carbocycles. The third kappa shape index (κ3) is 26.4. The molecule has 29 heteroatoms. The zero-order chi connectivity index (χ0) is 66.8. The van der Waals surface area contributed by atoms with Crippen LogP contribution in [0, 0.1) is 54.5 Å². The fraction of sp³-hybridized carbons (Fsp3) is 0.0441. The van der Waals surface area contributed by atoms with Crippen LogP contribution in [-0.4, -0.2) is 67.1 Å². The van der Waals surface area contributed by atoms with Gasteiger partial charge in [0.05, 0.1) is 5.69 Å². The predicted molar refractivity (Wildman–Crippen MR) is 325 cm³/mol. The average Bonchev–Trinajstić information content (AvgIpc) is 1.17. The molecule has 0 amide bonds. The third-order valence-corrected chi connectivity index (χ3v) is 12.4. The van der Waals surface area contributed by atoms with E-state index in [4.69, 9.17) is 10.2 Å². The van der Waals surface area contributed by atoms with Gasteiger partial charge in [-0.05, 0) is 106 Å². The normalized spacial score (nSPS) is 10.1. The van der Waals surface area contributed by atoms with Gasteiger partial charge in [0.2, 0.25) is 0 Å². The molecule has 0 fully saturated rings. The number of fused-ring (bicyclic) bond motifs is 1. The fourth-order valence-electron chi connectivity index (χ4n) is 7.44. The minimum Gasteiger partial charge on any atom is -0.477 e. The van der Waals surface area contributed by atoms with E-state index >= 15 is 0 Å². The number of aromatic carboxylic acids is 2. The molecule has 13 rings (SSSR count). The Morgan fingerprint density at radius 3 is 1.34 bits per heavy atom. The van der Waals surface area contributed by atoms with Crippen molar-refractivity contribution in [3.8, 4) is 55.9 Å². The van der Waals surface area contributed by atoms with E-state index in [1.54, 1.807) is 134 Å². The molecule has 0 atom stereocenters. The maximum atomic E-state index is 13.2. The molecule has 0 bridgehead atoms. The van der Waals surface area contributed by atoms with Gasteiger partial charge in [0.1, 0.15) is 17.2 Å². The SMILES string of the molecule is Cc1cc(-c2ccccn2)[c-]c(C(F)(F)F)c1.FC(F)(F)c1n[n-]c(-c2ccccn2)n1.Fc1c[c-]c(-c2ccccn2)c(F)c1.Fc1c[c-]c(-c2ccccn2)c(F)c1.O=C(O)c1ccccn1.O=C(O)c1ccccn1.[Ir].[Ir].[Ir].[Ir].[c-]1ccsc1-c1nccc2ccccc12. The Balaban J connectivity index is 0.000000295. The molecular weight excluding hydrogens is 2010 g/mol. The van der Waals surface area contributed by atoms with Gasteiger partial charge in [-0.15, -0.1) is 59.0 Å².